The Kier molecular flexibility index (Phi) is 6.06. The number of nitrogens with one attached hydrogen (secondary N) is 1. The molecule has 0 spiro atoms. The van der Waals surface area contributed by atoms with Crippen molar-refractivity contribution in [1.29, 1.82) is 0 Å². The van der Waals surface area contributed by atoms with E-state index in [-0.39, 0.29) is 18.2 Å². The van der Waals surface area contributed by atoms with Gasteiger partial charge in [-0.1, -0.05) is 0 Å². The van der Waals surface area contributed by atoms with Gasteiger partial charge in [0.15, 0.2) is 11.6 Å². The van der Waals surface area contributed by atoms with Crippen LogP contribution in [0.4, 0.5) is 13.6 Å². The molecule has 0 saturated carbocycles. The molecule has 0 aliphatic heterocycles. The summed E-state index contributed by atoms with van der Waals surface area (Å²) in [5, 5.41) is 2.61. The average Bonchev–Trinajstić information content (AvgIpc) is 2.38. The number of carbonyl (C=O) groups excluding carboxylic acids is 2. The minimum absolute atomic E-state index is 0.0378. The molecule has 0 fully saturated rings. The van der Waals surface area contributed by atoms with E-state index in [1.54, 1.807) is 27.7 Å². The molecule has 1 aromatic carbocycles. The highest BCUT2D eigenvalue weighted by Crippen LogP contribution is 2.11. The van der Waals surface area contributed by atoms with Crippen LogP contribution in [0.2, 0.25) is 0 Å². The molecule has 1 rings (SSSR count). The van der Waals surface area contributed by atoms with Gasteiger partial charge in [-0.05, 0) is 45.9 Å². The normalized spacial score (nSPS) is 12.5. The highest BCUT2D eigenvalue weighted by atomic mass is 19.2. The van der Waals surface area contributed by atoms with E-state index in [1.165, 1.54) is 18.0 Å². The summed E-state index contributed by atoms with van der Waals surface area (Å²) < 4.78 is 31.2. The maximum atomic E-state index is 13.2. The number of rotatable bonds is 4. The third-order valence-electron chi connectivity index (χ3n) is 2.82. The number of nitrogens with zero attached hydrogens (tertiary/aromatic N) is 1. The molecule has 128 valence electrons. The maximum absolute atomic E-state index is 13.2. The van der Waals surface area contributed by atoms with Gasteiger partial charge in [0.1, 0.15) is 5.60 Å². The first-order valence-corrected chi connectivity index (χ1v) is 7.19. The molecule has 23 heavy (non-hydrogen) atoms. The summed E-state index contributed by atoms with van der Waals surface area (Å²) in [7, 11) is 1.51. The first-order chi connectivity index (χ1) is 10.5. The fourth-order valence-electron chi connectivity index (χ4n) is 1.90. The molecular weight excluding hydrogens is 306 g/mol. The molecule has 0 radical (unpaired) electrons. The van der Waals surface area contributed by atoms with Crippen molar-refractivity contribution in [2.45, 2.75) is 39.3 Å². The molecule has 1 N–H and O–H groups in total. The average molecular weight is 328 g/mol. The third kappa shape index (κ3) is 6.22. The zero-order chi connectivity index (χ0) is 17.8. The summed E-state index contributed by atoms with van der Waals surface area (Å²) in [5.41, 5.74) is -0.576. The lowest BCUT2D eigenvalue weighted by molar-refractivity contribution is 0.0491. The van der Waals surface area contributed by atoms with E-state index in [2.05, 4.69) is 5.32 Å². The minimum Gasteiger partial charge on any atom is -0.444 e. The van der Waals surface area contributed by atoms with Crippen LogP contribution in [0.25, 0.3) is 0 Å². The fraction of sp³-hybridized carbons (Fsp3) is 0.500. The van der Waals surface area contributed by atoms with Crippen LogP contribution in [0.1, 0.15) is 38.1 Å². The highest BCUT2D eigenvalue weighted by Gasteiger charge is 2.20. The van der Waals surface area contributed by atoms with E-state index in [4.69, 9.17) is 4.74 Å². The van der Waals surface area contributed by atoms with Crippen molar-refractivity contribution in [3.63, 3.8) is 0 Å². The van der Waals surface area contributed by atoms with Crippen molar-refractivity contribution in [3.05, 3.63) is 35.4 Å². The Hall–Kier alpha value is -2.18. The van der Waals surface area contributed by atoms with Gasteiger partial charge in [-0.3, -0.25) is 4.79 Å². The number of hydrogen-bond acceptors (Lipinski definition) is 3. The second kappa shape index (κ2) is 7.39. The van der Waals surface area contributed by atoms with Crippen LogP contribution >= 0.6 is 0 Å². The molecule has 0 aliphatic carbocycles. The standard InChI is InChI=1S/C16H22F2N2O3/c1-10(19-15(22)23-16(2,3)4)9-20(5)14(21)11-6-7-12(17)13(18)8-11/h6-8,10H,9H2,1-5H3,(H,19,22)/t10-/m0/s1. The second-order valence-electron chi connectivity index (χ2n) is 6.36. The van der Waals surface area contributed by atoms with E-state index in [0.717, 1.165) is 12.1 Å². The number of likely N-dealkylation sites (N-methyl/N-ethyl adjacent to an activating group) is 1. The quantitative estimate of drug-likeness (QED) is 0.924. The SMILES string of the molecule is C[C@@H](CN(C)C(=O)c1ccc(F)c(F)c1)NC(=O)OC(C)(C)C. The van der Waals surface area contributed by atoms with Crippen molar-refractivity contribution in [2.75, 3.05) is 13.6 Å². The lowest BCUT2D eigenvalue weighted by Gasteiger charge is -2.25. The van der Waals surface area contributed by atoms with Crippen LogP contribution in [0.15, 0.2) is 18.2 Å². The minimum atomic E-state index is -1.08. The first kappa shape index (κ1) is 18.9. The molecule has 0 heterocycles. The Labute approximate surface area is 134 Å². The summed E-state index contributed by atoms with van der Waals surface area (Å²) in [5.74, 6) is -2.56. The summed E-state index contributed by atoms with van der Waals surface area (Å²) in [6.45, 7) is 7.14. The number of benzene rings is 1. The first-order valence-electron chi connectivity index (χ1n) is 7.19. The molecule has 0 bridgehead atoms. The molecule has 5 nitrogen and oxygen atoms in total. The van der Waals surface area contributed by atoms with Crippen LogP contribution in [0, 0.1) is 11.6 Å². The van der Waals surface area contributed by atoms with Crippen LogP contribution in [0.3, 0.4) is 0 Å². The van der Waals surface area contributed by atoms with Crippen LogP contribution in [-0.4, -0.2) is 42.1 Å². The fourth-order valence-corrected chi connectivity index (χ4v) is 1.90. The number of carbonyl (C=O) groups is 2. The Balaban J connectivity index is 2.60. The summed E-state index contributed by atoms with van der Waals surface area (Å²) in [6, 6.07) is 2.59. The van der Waals surface area contributed by atoms with Gasteiger partial charge in [-0.2, -0.15) is 0 Å². The van der Waals surface area contributed by atoms with E-state index < -0.39 is 29.2 Å². The number of amides is 2. The van der Waals surface area contributed by atoms with E-state index in [9.17, 15) is 18.4 Å². The van der Waals surface area contributed by atoms with Gasteiger partial charge >= 0.3 is 6.09 Å². The zero-order valence-corrected chi connectivity index (χ0v) is 13.9. The smallest absolute Gasteiger partial charge is 0.407 e. The molecule has 1 aromatic rings. The number of alkyl carbamates (subject to hydrolysis) is 1. The number of ether oxygens (including phenoxy) is 1. The van der Waals surface area contributed by atoms with Gasteiger partial charge < -0.3 is 15.0 Å². The molecule has 2 amide bonds. The van der Waals surface area contributed by atoms with Crippen molar-refractivity contribution in [3.8, 4) is 0 Å². The maximum Gasteiger partial charge on any atom is 0.407 e. The Morgan fingerprint density at radius 2 is 1.87 bits per heavy atom. The van der Waals surface area contributed by atoms with Gasteiger partial charge in [-0.15, -0.1) is 0 Å². The van der Waals surface area contributed by atoms with E-state index >= 15 is 0 Å². The lowest BCUT2D eigenvalue weighted by Crippen LogP contribution is -2.44. The summed E-state index contributed by atoms with van der Waals surface area (Å²) >= 11 is 0. The van der Waals surface area contributed by atoms with E-state index in [0.29, 0.717) is 0 Å². The highest BCUT2D eigenvalue weighted by molar-refractivity contribution is 5.94. The van der Waals surface area contributed by atoms with Gasteiger partial charge in [0.05, 0.1) is 0 Å². The van der Waals surface area contributed by atoms with Crippen LogP contribution in [0.5, 0.6) is 0 Å². The van der Waals surface area contributed by atoms with Crippen LogP contribution < -0.4 is 5.32 Å². The third-order valence-corrected chi connectivity index (χ3v) is 2.82. The zero-order valence-electron chi connectivity index (χ0n) is 13.9. The Morgan fingerprint density at radius 1 is 1.26 bits per heavy atom. The Bertz CT molecular complexity index is 585. The van der Waals surface area contributed by atoms with Gasteiger partial charge in [0, 0.05) is 25.2 Å². The molecule has 1 atom stereocenters. The van der Waals surface area contributed by atoms with Crippen molar-refractivity contribution in [1.82, 2.24) is 10.2 Å². The molecular formula is C16H22F2N2O3. The molecule has 0 unspecified atom stereocenters. The molecule has 0 aliphatic rings. The van der Waals surface area contributed by atoms with Crippen molar-refractivity contribution in [2.24, 2.45) is 0 Å². The topological polar surface area (TPSA) is 58.6 Å². The Morgan fingerprint density at radius 3 is 2.39 bits per heavy atom. The monoisotopic (exact) mass is 328 g/mol. The predicted molar refractivity (Wildman–Crippen MR) is 82.2 cm³/mol. The van der Waals surface area contributed by atoms with Gasteiger partial charge in [0.25, 0.3) is 5.91 Å². The lowest BCUT2D eigenvalue weighted by atomic mass is 10.2. The van der Waals surface area contributed by atoms with Crippen molar-refractivity contribution < 1.29 is 23.1 Å². The van der Waals surface area contributed by atoms with Crippen LogP contribution in [-0.2, 0) is 4.74 Å². The summed E-state index contributed by atoms with van der Waals surface area (Å²) in [4.78, 5) is 25.1. The molecule has 0 saturated heterocycles. The van der Waals surface area contributed by atoms with E-state index in [1.807, 2.05) is 0 Å². The molecule has 7 heteroatoms. The van der Waals surface area contributed by atoms with Gasteiger partial charge in [0.2, 0.25) is 0 Å². The largest absolute Gasteiger partial charge is 0.444 e. The number of halogens is 2. The predicted octanol–water partition coefficient (Wildman–Crippen LogP) is 2.95. The van der Waals surface area contributed by atoms with Gasteiger partial charge in [-0.25, -0.2) is 13.6 Å². The van der Waals surface area contributed by atoms with Crippen molar-refractivity contribution >= 4 is 12.0 Å². The number of hydrogen-bond donors (Lipinski definition) is 1. The second-order valence-corrected chi connectivity index (χ2v) is 6.36. The molecule has 0 aromatic heterocycles. The summed E-state index contributed by atoms with van der Waals surface area (Å²) in [6.07, 6.45) is -0.585.